The number of amides is 1. The number of carbonyl (C=O) groups is 1. The van der Waals surface area contributed by atoms with E-state index in [0.29, 0.717) is 0 Å². The Morgan fingerprint density at radius 1 is 1.38 bits per heavy atom. The lowest BCUT2D eigenvalue weighted by atomic mass is 10.0. The molecule has 0 spiro atoms. The van der Waals surface area contributed by atoms with E-state index in [-0.39, 0.29) is 0 Å². The van der Waals surface area contributed by atoms with E-state index in [9.17, 15) is 15.0 Å². The second-order valence-electron chi connectivity index (χ2n) is 3.42. The molecule has 0 radical (unpaired) electrons. The number of carbonyl (C=O) groups excluding carboxylic acids is 1. The van der Waals surface area contributed by atoms with Crippen LogP contribution >= 0.6 is 0 Å². The predicted octanol–water partition coefficient (Wildman–Crippen LogP) is -2.96. The fourth-order valence-corrected chi connectivity index (χ4v) is 1.01. The molecule has 0 heterocycles. The lowest BCUT2D eigenvalue weighted by Crippen LogP contribution is -2.48. The first-order valence-corrected chi connectivity index (χ1v) is 4.77. The van der Waals surface area contributed by atoms with Gasteiger partial charge < -0.3 is 31.5 Å². The molecule has 0 aliphatic heterocycles. The van der Waals surface area contributed by atoms with Gasteiger partial charge in [-0.15, -0.1) is 0 Å². The lowest BCUT2D eigenvalue weighted by Gasteiger charge is -2.26. The summed E-state index contributed by atoms with van der Waals surface area (Å²) in [4.78, 5) is 10.3. The van der Waals surface area contributed by atoms with Gasteiger partial charge in [-0.1, -0.05) is 0 Å². The largest absolute Gasteiger partial charge is 0.394 e. The summed E-state index contributed by atoms with van der Waals surface area (Å²) in [5.74, 6) is -0.648. The standard InChI is InChI=1S/C9H18N2O5/c1-5(11-3-2-7(10)14)8(15)9(16)6(13)4-12/h2-3,5-6,8-9,11-13,15-16H,4H2,1H3,(H2,10,14)/b3-2-/t5-,6-,8?,9?/m1/s1. The Balaban J connectivity index is 4.16. The number of hydrogen-bond donors (Lipinski definition) is 6. The number of hydrogen-bond acceptors (Lipinski definition) is 6. The average molecular weight is 234 g/mol. The second kappa shape index (κ2) is 7.18. The van der Waals surface area contributed by atoms with Crippen LogP contribution in [0.2, 0.25) is 0 Å². The SMILES string of the molecule is C[C@@H](N/C=C\C(N)=O)C(O)C(O)[C@H](O)CO. The number of aliphatic hydroxyl groups is 4. The summed E-state index contributed by atoms with van der Waals surface area (Å²) in [7, 11) is 0. The summed E-state index contributed by atoms with van der Waals surface area (Å²) in [6, 6.07) is -0.619. The molecule has 94 valence electrons. The van der Waals surface area contributed by atoms with E-state index in [0.717, 1.165) is 6.08 Å². The van der Waals surface area contributed by atoms with Crippen molar-refractivity contribution >= 4 is 5.91 Å². The number of nitrogens with two attached hydrogens (primary N) is 1. The molecule has 0 aliphatic rings. The third-order valence-corrected chi connectivity index (χ3v) is 2.05. The molecular formula is C9H18N2O5. The molecule has 4 atom stereocenters. The molecule has 0 aromatic heterocycles. The van der Waals surface area contributed by atoms with Crippen LogP contribution < -0.4 is 11.1 Å². The molecule has 0 fully saturated rings. The summed E-state index contributed by atoms with van der Waals surface area (Å²) in [5.41, 5.74) is 4.83. The van der Waals surface area contributed by atoms with Crippen LogP contribution in [0.15, 0.2) is 12.3 Å². The fourth-order valence-electron chi connectivity index (χ4n) is 1.01. The van der Waals surface area contributed by atoms with Crippen molar-refractivity contribution < 1.29 is 25.2 Å². The van der Waals surface area contributed by atoms with Crippen LogP contribution in [0, 0.1) is 0 Å². The van der Waals surface area contributed by atoms with Gasteiger partial charge in [0.15, 0.2) is 0 Å². The highest BCUT2D eigenvalue weighted by molar-refractivity contribution is 5.85. The van der Waals surface area contributed by atoms with E-state index >= 15 is 0 Å². The maximum absolute atomic E-state index is 10.3. The van der Waals surface area contributed by atoms with Crippen LogP contribution in [0.25, 0.3) is 0 Å². The summed E-state index contributed by atoms with van der Waals surface area (Å²) in [6.07, 6.45) is -1.90. The van der Waals surface area contributed by atoms with Gasteiger partial charge in [0.1, 0.15) is 18.3 Å². The van der Waals surface area contributed by atoms with Crippen molar-refractivity contribution in [3.63, 3.8) is 0 Å². The Hall–Kier alpha value is -1.15. The lowest BCUT2D eigenvalue weighted by molar-refractivity contribution is -0.113. The Morgan fingerprint density at radius 3 is 2.38 bits per heavy atom. The van der Waals surface area contributed by atoms with E-state index in [1.165, 1.54) is 13.1 Å². The van der Waals surface area contributed by atoms with E-state index in [4.69, 9.17) is 15.9 Å². The summed E-state index contributed by atoms with van der Waals surface area (Å²) in [5, 5.41) is 39.1. The zero-order valence-corrected chi connectivity index (χ0v) is 8.95. The summed E-state index contributed by atoms with van der Waals surface area (Å²) < 4.78 is 0. The van der Waals surface area contributed by atoms with Crippen molar-refractivity contribution in [3.8, 4) is 0 Å². The predicted molar refractivity (Wildman–Crippen MR) is 56.0 cm³/mol. The Labute approximate surface area is 93.2 Å². The highest BCUT2D eigenvalue weighted by Gasteiger charge is 2.27. The topological polar surface area (TPSA) is 136 Å². The van der Waals surface area contributed by atoms with Crippen LogP contribution in [-0.4, -0.2) is 57.3 Å². The monoisotopic (exact) mass is 234 g/mol. The number of nitrogens with one attached hydrogen (secondary N) is 1. The van der Waals surface area contributed by atoms with Gasteiger partial charge in [0.2, 0.25) is 5.91 Å². The quantitative estimate of drug-likeness (QED) is 0.260. The van der Waals surface area contributed by atoms with Gasteiger partial charge in [0, 0.05) is 12.3 Å². The maximum Gasteiger partial charge on any atom is 0.242 e. The van der Waals surface area contributed by atoms with E-state index in [2.05, 4.69) is 5.32 Å². The molecule has 2 unspecified atom stereocenters. The van der Waals surface area contributed by atoms with Gasteiger partial charge in [-0.2, -0.15) is 0 Å². The minimum absolute atomic E-state index is 0.619. The van der Waals surface area contributed by atoms with Crippen molar-refractivity contribution in [1.82, 2.24) is 5.32 Å². The van der Waals surface area contributed by atoms with Crippen LogP contribution in [0.1, 0.15) is 6.92 Å². The molecule has 0 bridgehead atoms. The first kappa shape index (κ1) is 14.8. The van der Waals surface area contributed by atoms with Crippen molar-refractivity contribution in [2.75, 3.05) is 6.61 Å². The van der Waals surface area contributed by atoms with Gasteiger partial charge in [-0.05, 0) is 6.92 Å². The third-order valence-electron chi connectivity index (χ3n) is 2.05. The molecular weight excluding hydrogens is 216 g/mol. The van der Waals surface area contributed by atoms with E-state index in [1.54, 1.807) is 0 Å². The number of aliphatic hydroxyl groups excluding tert-OH is 4. The second-order valence-corrected chi connectivity index (χ2v) is 3.42. The maximum atomic E-state index is 10.3. The smallest absolute Gasteiger partial charge is 0.242 e. The molecule has 0 rings (SSSR count). The third kappa shape index (κ3) is 5.08. The molecule has 16 heavy (non-hydrogen) atoms. The Kier molecular flexibility index (Phi) is 6.66. The molecule has 1 amide bonds. The van der Waals surface area contributed by atoms with Crippen LogP contribution in [0.5, 0.6) is 0 Å². The minimum atomic E-state index is -1.48. The summed E-state index contributed by atoms with van der Waals surface area (Å²) >= 11 is 0. The summed E-state index contributed by atoms with van der Waals surface area (Å²) in [6.45, 7) is 0.880. The number of rotatable bonds is 7. The van der Waals surface area contributed by atoms with Crippen molar-refractivity contribution in [3.05, 3.63) is 12.3 Å². The number of primary amides is 1. The van der Waals surface area contributed by atoms with Crippen molar-refractivity contribution in [2.45, 2.75) is 31.3 Å². The molecule has 7 heteroatoms. The minimum Gasteiger partial charge on any atom is -0.394 e. The average Bonchev–Trinajstić information content (AvgIpc) is 2.25. The first-order valence-electron chi connectivity index (χ1n) is 4.77. The van der Waals surface area contributed by atoms with E-state index in [1.807, 2.05) is 0 Å². The zero-order chi connectivity index (χ0) is 12.7. The highest BCUT2D eigenvalue weighted by atomic mass is 16.4. The molecule has 0 aromatic rings. The molecule has 0 aromatic carbocycles. The van der Waals surface area contributed by atoms with Crippen molar-refractivity contribution in [1.29, 1.82) is 0 Å². The Bertz CT molecular complexity index is 246. The van der Waals surface area contributed by atoms with E-state index < -0.39 is 36.9 Å². The van der Waals surface area contributed by atoms with Crippen LogP contribution in [-0.2, 0) is 4.79 Å². The van der Waals surface area contributed by atoms with Gasteiger partial charge in [0.25, 0.3) is 0 Å². The molecule has 0 aliphatic carbocycles. The van der Waals surface area contributed by atoms with Crippen molar-refractivity contribution in [2.24, 2.45) is 5.73 Å². The van der Waals surface area contributed by atoms with Gasteiger partial charge >= 0.3 is 0 Å². The van der Waals surface area contributed by atoms with Gasteiger partial charge in [-0.3, -0.25) is 4.79 Å². The highest BCUT2D eigenvalue weighted by Crippen LogP contribution is 2.04. The van der Waals surface area contributed by atoms with Gasteiger partial charge in [-0.25, -0.2) is 0 Å². The Morgan fingerprint density at radius 2 is 1.94 bits per heavy atom. The molecule has 7 N–H and O–H groups in total. The molecule has 0 saturated heterocycles. The van der Waals surface area contributed by atoms with Crippen LogP contribution in [0.3, 0.4) is 0 Å². The normalized spacial score (nSPS) is 19.1. The van der Waals surface area contributed by atoms with Gasteiger partial charge in [0.05, 0.1) is 12.6 Å². The molecule has 7 nitrogen and oxygen atoms in total. The fraction of sp³-hybridized carbons (Fsp3) is 0.667. The van der Waals surface area contributed by atoms with Crippen LogP contribution in [0.4, 0.5) is 0 Å². The zero-order valence-electron chi connectivity index (χ0n) is 8.95. The first-order chi connectivity index (χ1) is 7.40. The molecule has 0 saturated carbocycles.